The van der Waals surface area contributed by atoms with Crippen molar-refractivity contribution in [3.63, 3.8) is 0 Å². The molecule has 102 valence electrons. The topological polar surface area (TPSA) is 46.9 Å². The average Bonchev–Trinajstić information content (AvgIpc) is 2.61. The van der Waals surface area contributed by atoms with E-state index in [2.05, 4.69) is 10.3 Å². The predicted octanol–water partition coefficient (Wildman–Crippen LogP) is 2.89. The van der Waals surface area contributed by atoms with E-state index in [1.54, 1.807) is 0 Å². The fourth-order valence-electron chi connectivity index (χ4n) is 1.81. The Morgan fingerprint density at radius 3 is 2.74 bits per heavy atom. The normalized spacial score (nSPS) is 11.8. The first kappa shape index (κ1) is 13.9. The molecule has 1 heterocycles. The van der Waals surface area contributed by atoms with Crippen molar-refractivity contribution in [2.45, 2.75) is 27.3 Å². The lowest BCUT2D eigenvalue weighted by Gasteiger charge is -2.17. The van der Waals surface area contributed by atoms with Gasteiger partial charge in [0.25, 0.3) is 0 Å². The van der Waals surface area contributed by atoms with Gasteiger partial charge in [-0.25, -0.2) is 4.98 Å². The third kappa shape index (κ3) is 2.89. The van der Waals surface area contributed by atoms with E-state index in [-0.39, 0.29) is 5.91 Å². The van der Waals surface area contributed by atoms with Crippen LogP contribution in [0.15, 0.2) is 18.2 Å². The summed E-state index contributed by atoms with van der Waals surface area (Å²) in [5.41, 5.74) is 1.45. The molecule has 0 atom stereocenters. The van der Waals surface area contributed by atoms with Gasteiger partial charge in [-0.2, -0.15) is 0 Å². The number of aryl methyl sites for hydroxylation is 1. The van der Waals surface area contributed by atoms with Crippen LogP contribution < -0.4 is 5.32 Å². The minimum absolute atomic E-state index is 0.0117. The average molecular weight is 280 g/mol. The highest BCUT2D eigenvalue weighted by atomic mass is 35.5. The summed E-state index contributed by atoms with van der Waals surface area (Å²) in [6.07, 6.45) is 0. The molecule has 4 nitrogen and oxygen atoms in total. The Hall–Kier alpha value is -1.55. The smallest absolute Gasteiger partial charge is 0.225 e. The summed E-state index contributed by atoms with van der Waals surface area (Å²) in [6, 6.07) is 5.59. The van der Waals surface area contributed by atoms with Gasteiger partial charge < -0.3 is 9.88 Å². The summed E-state index contributed by atoms with van der Waals surface area (Å²) in [7, 11) is 1.93. The monoisotopic (exact) mass is 279 g/mol. The maximum atomic E-state index is 11.8. The summed E-state index contributed by atoms with van der Waals surface area (Å²) in [5.74, 6) is 0.826. The van der Waals surface area contributed by atoms with Crippen molar-refractivity contribution in [2.75, 3.05) is 0 Å². The summed E-state index contributed by atoms with van der Waals surface area (Å²) in [6.45, 7) is 6.07. The molecule has 1 aromatic carbocycles. The highest BCUT2D eigenvalue weighted by molar-refractivity contribution is 6.31. The van der Waals surface area contributed by atoms with Crippen LogP contribution in [-0.4, -0.2) is 15.5 Å². The molecule has 0 saturated carbocycles. The largest absolute Gasteiger partial charge is 0.348 e. The number of hydrogen-bond donors (Lipinski definition) is 1. The predicted molar refractivity (Wildman–Crippen MR) is 77.0 cm³/mol. The number of halogens is 1. The van der Waals surface area contributed by atoms with E-state index in [1.165, 1.54) is 0 Å². The fraction of sp³-hybridized carbons (Fsp3) is 0.429. The quantitative estimate of drug-likeness (QED) is 0.919. The van der Waals surface area contributed by atoms with Crippen LogP contribution in [0, 0.1) is 5.41 Å². The molecule has 5 heteroatoms. The first-order valence-electron chi connectivity index (χ1n) is 6.18. The van der Waals surface area contributed by atoms with Crippen LogP contribution in [0.3, 0.4) is 0 Å². The molecule has 0 bridgehead atoms. The third-order valence-electron chi connectivity index (χ3n) is 3.02. The zero-order chi connectivity index (χ0) is 14.2. The van der Waals surface area contributed by atoms with Crippen LogP contribution in [0.2, 0.25) is 5.02 Å². The van der Waals surface area contributed by atoms with Crippen molar-refractivity contribution >= 4 is 28.5 Å². The zero-order valence-electron chi connectivity index (χ0n) is 11.6. The Balaban J connectivity index is 2.22. The van der Waals surface area contributed by atoms with Crippen molar-refractivity contribution in [2.24, 2.45) is 12.5 Å². The van der Waals surface area contributed by atoms with Gasteiger partial charge >= 0.3 is 0 Å². The van der Waals surface area contributed by atoms with E-state index in [4.69, 9.17) is 11.6 Å². The highest BCUT2D eigenvalue weighted by Gasteiger charge is 2.21. The minimum atomic E-state index is -0.395. The van der Waals surface area contributed by atoms with Gasteiger partial charge in [-0.15, -0.1) is 0 Å². The van der Waals surface area contributed by atoms with Crippen molar-refractivity contribution in [1.29, 1.82) is 0 Å². The number of carbonyl (C=O) groups is 1. The molecule has 2 aromatic rings. The van der Waals surface area contributed by atoms with Crippen LogP contribution in [-0.2, 0) is 18.4 Å². The number of rotatable bonds is 2. The molecule has 0 unspecified atom stereocenters. The molecule has 2 rings (SSSR count). The SMILES string of the molecule is Cn1c(CNC(=O)C(C)(C)C)nc2cc(Cl)ccc21. The molecular weight excluding hydrogens is 262 g/mol. The van der Waals surface area contributed by atoms with E-state index in [0.717, 1.165) is 16.9 Å². The van der Waals surface area contributed by atoms with Gasteiger partial charge in [0, 0.05) is 17.5 Å². The second-order valence-electron chi connectivity index (χ2n) is 5.65. The van der Waals surface area contributed by atoms with Gasteiger partial charge in [-0.1, -0.05) is 32.4 Å². The summed E-state index contributed by atoms with van der Waals surface area (Å²) in [5, 5.41) is 3.56. The third-order valence-corrected chi connectivity index (χ3v) is 3.26. The number of hydrogen-bond acceptors (Lipinski definition) is 2. The van der Waals surface area contributed by atoms with Crippen LogP contribution in [0.1, 0.15) is 26.6 Å². The standard InChI is InChI=1S/C14H18ClN3O/c1-14(2,3)13(19)16-8-12-17-10-7-9(15)5-6-11(10)18(12)4/h5-7H,8H2,1-4H3,(H,16,19). The number of benzene rings is 1. The van der Waals surface area contributed by atoms with E-state index in [0.29, 0.717) is 11.6 Å². The Morgan fingerprint density at radius 2 is 2.11 bits per heavy atom. The summed E-state index contributed by atoms with van der Waals surface area (Å²) in [4.78, 5) is 16.3. The molecule has 0 aliphatic carbocycles. The first-order chi connectivity index (χ1) is 8.79. The van der Waals surface area contributed by atoms with Gasteiger partial charge in [0.1, 0.15) is 5.82 Å². The number of amides is 1. The Labute approximate surface area is 117 Å². The number of aromatic nitrogens is 2. The Kier molecular flexibility index (Phi) is 3.54. The lowest BCUT2D eigenvalue weighted by atomic mass is 9.96. The molecule has 0 aliphatic heterocycles. The second kappa shape index (κ2) is 4.85. The van der Waals surface area contributed by atoms with Gasteiger partial charge in [0.2, 0.25) is 5.91 Å². The Bertz CT molecular complexity index is 625. The molecule has 0 radical (unpaired) electrons. The van der Waals surface area contributed by atoms with Crippen LogP contribution in [0.25, 0.3) is 11.0 Å². The van der Waals surface area contributed by atoms with E-state index in [1.807, 2.05) is 50.6 Å². The van der Waals surface area contributed by atoms with Crippen molar-refractivity contribution in [3.8, 4) is 0 Å². The molecule has 0 fully saturated rings. The maximum absolute atomic E-state index is 11.8. The summed E-state index contributed by atoms with van der Waals surface area (Å²) >= 11 is 5.95. The molecule has 0 saturated heterocycles. The lowest BCUT2D eigenvalue weighted by Crippen LogP contribution is -2.34. The number of imidazole rings is 1. The van der Waals surface area contributed by atoms with Crippen LogP contribution >= 0.6 is 11.6 Å². The highest BCUT2D eigenvalue weighted by Crippen LogP contribution is 2.20. The summed E-state index contributed by atoms with van der Waals surface area (Å²) < 4.78 is 1.97. The number of fused-ring (bicyclic) bond motifs is 1. The first-order valence-corrected chi connectivity index (χ1v) is 6.56. The van der Waals surface area contributed by atoms with E-state index in [9.17, 15) is 4.79 Å². The lowest BCUT2D eigenvalue weighted by molar-refractivity contribution is -0.128. The molecule has 1 aromatic heterocycles. The number of carbonyl (C=O) groups excluding carboxylic acids is 1. The molecule has 0 spiro atoms. The molecule has 0 aliphatic rings. The van der Waals surface area contributed by atoms with E-state index >= 15 is 0 Å². The van der Waals surface area contributed by atoms with Crippen molar-refractivity contribution in [1.82, 2.24) is 14.9 Å². The maximum Gasteiger partial charge on any atom is 0.225 e. The van der Waals surface area contributed by atoms with Gasteiger partial charge in [0.15, 0.2) is 0 Å². The minimum Gasteiger partial charge on any atom is -0.348 e. The van der Waals surface area contributed by atoms with Crippen molar-refractivity contribution in [3.05, 3.63) is 29.0 Å². The van der Waals surface area contributed by atoms with Crippen molar-refractivity contribution < 1.29 is 4.79 Å². The van der Waals surface area contributed by atoms with Gasteiger partial charge in [-0.3, -0.25) is 4.79 Å². The fourth-order valence-corrected chi connectivity index (χ4v) is 1.97. The van der Waals surface area contributed by atoms with Crippen LogP contribution in [0.5, 0.6) is 0 Å². The number of nitrogens with zero attached hydrogens (tertiary/aromatic N) is 2. The molecule has 19 heavy (non-hydrogen) atoms. The van der Waals surface area contributed by atoms with Crippen LogP contribution in [0.4, 0.5) is 0 Å². The van der Waals surface area contributed by atoms with E-state index < -0.39 is 5.41 Å². The Morgan fingerprint density at radius 1 is 1.42 bits per heavy atom. The second-order valence-corrected chi connectivity index (χ2v) is 6.09. The molecule has 1 amide bonds. The van der Waals surface area contributed by atoms with Gasteiger partial charge in [0.05, 0.1) is 17.6 Å². The van der Waals surface area contributed by atoms with Gasteiger partial charge in [-0.05, 0) is 18.2 Å². The molecular formula is C14H18ClN3O. The number of nitrogens with one attached hydrogen (secondary N) is 1. The zero-order valence-corrected chi connectivity index (χ0v) is 12.4. The molecule has 1 N–H and O–H groups in total.